The quantitative estimate of drug-likeness (QED) is 0.744. The molecule has 2 heteroatoms. The normalized spacial score (nSPS) is 21.9. The van der Waals surface area contributed by atoms with Crippen molar-refractivity contribution in [3.8, 4) is 11.3 Å². The standard InChI is InChI=1S/C14H14N2/c1-2-4-12-11(3-1)13(7-10-5-6-10)16-9-15-8-14(12)16/h1-4,8-10,13H,5-7H2. The Kier molecular flexibility index (Phi) is 1.59. The fourth-order valence-corrected chi connectivity index (χ4v) is 2.84. The Labute approximate surface area is 94.9 Å². The predicted molar refractivity (Wildman–Crippen MR) is 63.1 cm³/mol. The largest absolute Gasteiger partial charge is 0.323 e. The Balaban J connectivity index is 1.86. The van der Waals surface area contributed by atoms with Gasteiger partial charge in [0.2, 0.25) is 0 Å². The molecule has 1 aromatic carbocycles. The molecule has 1 saturated carbocycles. The van der Waals surface area contributed by atoms with Gasteiger partial charge in [0, 0.05) is 5.56 Å². The van der Waals surface area contributed by atoms with Crippen molar-refractivity contribution in [2.45, 2.75) is 25.3 Å². The fourth-order valence-electron chi connectivity index (χ4n) is 2.84. The van der Waals surface area contributed by atoms with Gasteiger partial charge in [-0.05, 0) is 17.9 Å². The first-order valence-electron chi connectivity index (χ1n) is 6.04. The van der Waals surface area contributed by atoms with Crippen LogP contribution in [-0.2, 0) is 0 Å². The van der Waals surface area contributed by atoms with Crippen LogP contribution in [0, 0.1) is 5.92 Å². The summed E-state index contributed by atoms with van der Waals surface area (Å²) >= 11 is 0. The van der Waals surface area contributed by atoms with Crippen LogP contribution in [0.25, 0.3) is 11.3 Å². The topological polar surface area (TPSA) is 17.8 Å². The highest BCUT2D eigenvalue weighted by Crippen LogP contribution is 2.46. The van der Waals surface area contributed by atoms with E-state index < -0.39 is 0 Å². The first-order chi connectivity index (χ1) is 7.93. The molecule has 80 valence electrons. The summed E-state index contributed by atoms with van der Waals surface area (Å²) in [6.45, 7) is 0. The summed E-state index contributed by atoms with van der Waals surface area (Å²) in [5.74, 6) is 0.950. The molecule has 1 aliphatic heterocycles. The van der Waals surface area contributed by atoms with E-state index in [1.165, 1.54) is 36.1 Å². The summed E-state index contributed by atoms with van der Waals surface area (Å²) < 4.78 is 2.35. The van der Waals surface area contributed by atoms with Crippen LogP contribution < -0.4 is 0 Å². The predicted octanol–water partition coefficient (Wildman–Crippen LogP) is 3.25. The summed E-state index contributed by atoms with van der Waals surface area (Å²) in [4.78, 5) is 4.28. The summed E-state index contributed by atoms with van der Waals surface area (Å²) in [6.07, 6.45) is 8.11. The van der Waals surface area contributed by atoms with E-state index in [1.54, 1.807) is 0 Å². The Morgan fingerprint density at radius 2 is 2.12 bits per heavy atom. The van der Waals surface area contributed by atoms with Crippen LogP contribution in [-0.4, -0.2) is 9.55 Å². The molecule has 0 saturated heterocycles. The van der Waals surface area contributed by atoms with E-state index in [0.29, 0.717) is 6.04 Å². The van der Waals surface area contributed by atoms with Gasteiger partial charge in [-0.1, -0.05) is 37.1 Å². The van der Waals surface area contributed by atoms with Gasteiger partial charge < -0.3 is 4.57 Å². The van der Waals surface area contributed by atoms with E-state index >= 15 is 0 Å². The van der Waals surface area contributed by atoms with E-state index in [9.17, 15) is 0 Å². The number of fused-ring (bicyclic) bond motifs is 3. The molecule has 1 aromatic heterocycles. The highest BCUT2D eigenvalue weighted by molar-refractivity contribution is 5.68. The molecule has 1 fully saturated rings. The van der Waals surface area contributed by atoms with Gasteiger partial charge in [-0.15, -0.1) is 0 Å². The first kappa shape index (κ1) is 8.57. The summed E-state index contributed by atoms with van der Waals surface area (Å²) in [6, 6.07) is 9.31. The zero-order chi connectivity index (χ0) is 10.5. The van der Waals surface area contributed by atoms with E-state index in [0.717, 1.165) is 5.92 Å². The summed E-state index contributed by atoms with van der Waals surface area (Å²) in [7, 11) is 0. The average molecular weight is 210 g/mol. The molecule has 2 nitrogen and oxygen atoms in total. The molecule has 0 bridgehead atoms. The Bertz CT molecular complexity index is 537. The molecule has 1 aliphatic carbocycles. The van der Waals surface area contributed by atoms with Crippen LogP contribution in [0.3, 0.4) is 0 Å². The number of rotatable bonds is 2. The molecule has 16 heavy (non-hydrogen) atoms. The van der Waals surface area contributed by atoms with Crippen molar-refractivity contribution in [1.82, 2.24) is 9.55 Å². The molecule has 1 unspecified atom stereocenters. The van der Waals surface area contributed by atoms with Gasteiger partial charge in [0.15, 0.2) is 0 Å². The minimum Gasteiger partial charge on any atom is -0.323 e. The van der Waals surface area contributed by atoms with Gasteiger partial charge in [-0.2, -0.15) is 0 Å². The highest BCUT2D eigenvalue weighted by atomic mass is 15.1. The number of nitrogens with zero attached hydrogens (tertiary/aromatic N) is 2. The van der Waals surface area contributed by atoms with Gasteiger partial charge in [0.1, 0.15) is 0 Å². The molecule has 2 heterocycles. The number of imidazole rings is 1. The van der Waals surface area contributed by atoms with E-state index in [1.807, 2.05) is 12.5 Å². The van der Waals surface area contributed by atoms with Crippen molar-refractivity contribution in [2.24, 2.45) is 5.92 Å². The second-order valence-electron chi connectivity index (χ2n) is 4.97. The van der Waals surface area contributed by atoms with Gasteiger partial charge in [-0.3, -0.25) is 0 Å². The number of hydrogen-bond acceptors (Lipinski definition) is 1. The van der Waals surface area contributed by atoms with Crippen LogP contribution in [0.2, 0.25) is 0 Å². The van der Waals surface area contributed by atoms with Crippen molar-refractivity contribution in [3.05, 3.63) is 42.4 Å². The summed E-state index contributed by atoms with van der Waals surface area (Å²) in [5.41, 5.74) is 4.17. The van der Waals surface area contributed by atoms with Crippen molar-refractivity contribution in [3.63, 3.8) is 0 Å². The lowest BCUT2D eigenvalue weighted by Gasteiger charge is -2.13. The lowest BCUT2D eigenvalue weighted by molar-refractivity contribution is 0.526. The zero-order valence-electron chi connectivity index (χ0n) is 9.13. The maximum Gasteiger partial charge on any atom is 0.0956 e. The van der Waals surface area contributed by atoms with Crippen LogP contribution in [0.5, 0.6) is 0 Å². The molecule has 4 rings (SSSR count). The zero-order valence-corrected chi connectivity index (χ0v) is 9.13. The molecular weight excluding hydrogens is 196 g/mol. The van der Waals surface area contributed by atoms with Gasteiger partial charge >= 0.3 is 0 Å². The Morgan fingerprint density at radius 3 is 3.00 bits per heavy atom. The van der Waals surface area contributed by atoms with Gasteiger partial charge in [-0.25, -0.2) is 4.98 Å². The summed E-state index contributed by atoms with van der Waals surface area (Å²) in [5, 5.41) is 0. The molecule has 0 amide bonds. The van der Waals surface area contributed by atoms with Gasteiger partial charge in [0.25, 0.3) is 0 Å². The lowest BCUT2D eigenvalue weighted by Crippen LogP contribution is -2.05. The maximum absolute atomic E-state index is 4.28. The van der Waals surface area contributed by atoms with Crippen molar-refractivity contribution in [2.75, 3.05) is 0 Å². The fraction of sp³-hybridized carbons (Fsp3) is 0.357. The van der Waals surface area contributed by atoms with E-state index in [4.69, 9.17) is 0 Å². The van der Waals surface area contributed by atoms with E-state index in [2.05, 4.69) is 33.8 Å². The highest BCUT2D eigenvalue weighted by Gasteiger charge is 2.33. The maximum atomic E-state index is 4.28. The lowest BCUT2D eigenvalue weighted by atomic mass is 9.99. The Hall–Kier alpha value is -1.57. The minimum atomic E-state index is 0.543. The third kappa shape index (κ3) is 1.10. The second-order valence-corrected chi connectivity index (χ2v) is 4.97. The monoisotopic (exact) mass is 210 g/mol. The third-order valence-electron chi connectivity index (χ3n) is 3.85. The molecule has 2 aromatic rings. The molecule has 0 N–H and O–H groups in total. The van der Waals surface area contributed by atoms with Crippen molar-refractivity contribution >= 4 is 0 Å². The molecule has 0 spiro atoms. The number of aromatic nitrogens is 2. The molecular formula is C14H14N2. The Morgan fingerprint density at radius 1 is 1.25 bits per heavy atom. The minimum absolute atomic E-state index is 0.543. The second kappa shape index (κ2) is 2.97. The third-order valence-corrected chi connectivity index (χ3v) is 3.85. The first-order valence-corrected chi connectivity index (χ1v) is 6.04. The molecule has 0 radical (unpaired) electrons. The van der Waals surface area contributed by atoms with E-state index in [-0.39, 0.29) is 0 Å². The average Bonchev–Trinajstić information content (AvgIpc) is 2.91. The van der Waals surface area contributed by atoms with Crippen molar-refractivity contribution < 1.29 is 0 Å². The SMILES string of the molecule is c1ccc2c(c1)-c1cncn1C2CC1CC1. The van der Waals surface area contributed by atoms with Crippen LogP contribution >= 0.6 is 0 Å². The van der Waals surface area contributed by atoms with Gasteiger partial charge in [0.05, 0.1) is 24.3 Å². The number of benzene rings is 1. The molecule has 2 aliphatic rings. The number of hydrogen-bond donors (Lipinski definition) is 0. The van der Waals surface area contributed by atoms with Crippen LogP contribution in [0.15, 0.2) is 36.8 Å². The smallest absolute Gasteiger partial charge is 0.0956 e. The van der Waals surface area contributed by atoms with Crippen molar-refractivity contribution in [1.29, 1.82) is 0 Å². The van der Waals surface area contributed by atoms with Crippen LogP contribution in [0.1, 0.15) is 30.9 Å². The molecule has 1 atom stereocenters. The van der Waals surface area contributed by atoms with Crippen LogP contribution in [0.4, 0.5) is 0 Å².